The highest BCUT2D eigenvalue weighted by Crippen LogP contribution is 2.39. The fourth-order valence-electron chi connectivity index (χ4n) is 4.16. The Bertz CT molecular complexity index is 1240. The molecule has 6 nitrogen and oxygen atoms in total. The van der Waals surface area contributed by atoms with Crippen LogP contribution in [-0.2, 0) is 7.05 Å². The molecule has 0 spiro atoms. The summed E-state index contributed by atoms with van der Waals surface area (Å²) in [7, 11) is 1.93. The molecular weight excluding hydrogens is 391 g/mol. The Hall–Kier alpha value is -2.37. The molecule has 9 heteroatoms. The monoisotopic (exact) mass is 408 g/mol. The third-order valence-electron chi connectivity index (χ3n) is 5.63. The summed E-state index contributed by atoms with van der Waals surface area (Å²) in [4.78, 5) is 5.63. The predicted molar refractivity (Wildman–Crippen MR) is 113 cm³/mol. The van der Waals surface area contributed by atoms with E-state index in [1.54, 1.807) is 15.9 Å². The second kappa shape index (κ2) is 6.61. The van der Waals surface area contributed by atoms with Gasteiger partial charge in [-0.1, -0.05) is 48.4 Å². The summed E-state index contributed by atoms with van der Waals surface area (Å²) in [5, 5.41) is 21.0. The Kier molecular flexibility index (Phi) is 4.18. The number of nitrogens with zero attached hydrogens (tertiary/aromatic N) is 6. The fraction of sp³-hybridized carbons (Fsp3) is 0.368. The van der Waals surface area contributed by atoms with Gasteiger partial charge in [-0.25, -0.2) is 10.2 Å². The minimum atomic E-state index is 0.175. The summed E-state index contributed by atoms with van der Waals surface area (Å²) < 4.78 is 3.59. The van der Waals surface area contributed by atoms with Gasteiger partial charge in [0.25, 0.3) is 6.71 Å². The number of halogens is 1. The first-order valence-corrected chi connectivity index (χ1v) is 10.6. The zero-order valence-electron chi connectivity index (χ0n) is 15.7. The van der Waals surface area contributed by atoms with Crippen molar-refractivity contribution < 1.29 is 0 Å². The number of nitriles is 1. The molecule has 1 aliphatic heterocycles. The van der Waals surface area contributed by atoms with Gasteiger partial charge in [0, 0.05) is 36.1 Å². The van der Waals surface area contributed by atoms with E-state index in [1.807, 2.05) is 17.9 Å². The molecule has 0 aliphatic carbocycles. The first-order chi connectivity index (χ1) is 13.5. The van der Waals surface area contributed by atoms with E-state index in [4.69, 9.17) is 26.9 Å². The molecule has 0 saturated carbocycles. The van der Waals surface area contributed by atoms with Crippen molar-refractivity contribution in [3.8, 4) is 16.5 Å². The van der Waals surface area contributed by atoms with Gasteiger partial charge in [0.05, 0.1) is 11.2 Å². The molecule has 4 heterocycles. The van der Waals surface area contributed by atoms with Crippen LogP contribution in [0.25, 0.3) is 26.4 Å². The molecule has 0 unspecified atom stereocenters. The number of hydrogen-bond acceptors (Lipinski definition) is 5. The number of imidazole rings is 1. The van der Waals surface area contributed by atoms with Crippen LogP contribution < -0.4 is 0 Å². The van der Waals surface area contributed by atoms with E-state index in [2.05, 4.69) is 30.1 Å². The van der Waals surface area contributed by atoms with Gasteiger partial charge in [-0.2, -0.15) is 14.7 Å². The molecule has 4 aromatic rings. The van der Waals surface area contributed by atoms with Crippen molar-refractivity contribution in [2.24, 2.45) is 7.05 Å². The van der Waals surface area contributed by atoms with Gasteiger partial charge >= 0.3 is 0 Å². The maximum absolute atomic E-state index is 9.10. The van der Waals surface area contributed by atoms with Crippen molar-refractivity contribution in [1.29, 1.82) is 5.26 Å². The number of benzene rings is 1. The summed E-state index contributed by atoms with van der Waals surface area (Å²) in [6.45, 7) is 2.24. The average molecular weight is 409 g/mol. The van der Waals surface area contributed by atoms with Crippen LogP contribution in [0.15, 0.2) is 18.3 Å². The maximum atomic E-state index is 9.10. The zero-order chi connectivity index (χ0) is 19.4. The van der Waals surface area contributed by atoms with E-state index < -0.39 is 0 Å². The van der Waals surface area contributed by atoms with Crippen LogP contribution in [0.1, 0.15) is 30.0 Å². The van der Waals surface area contributed by atoms with E-state index in [0.29, 0.717) is 11.1 Å². The Labute approximate surface area is 171 Å². The van der Waals surface area contributed by atoms with Gasteiger partial charge in [-0.15, -0.1) is 0 Å². The Morgan fingerprint density at radius 2 is 2.07 bits per heavy atom. The smallest absolute Gasteiger partial charge is 0.267 e. The number of hydrogen-bond donors (Lipinski definition) is 0. The van der Waals surface area contributed by atoms with E-state index >= 15 is 0 Å². The van der Waals surface area contributed by atoms with Crippen molar-refractivity contribution in [2.75, 3.05) is 0 Å². The standard InChI is InChI=1S/C19H18BClN6S/c1-11-7-13(8-14-9-26(2)24-15(11)14)18-25-27-17(21)16(23-19(27)28-18)12-3-5-20(10-22)6-4-12/h7-9,12H,3-6H2,1-2H3. The lowest BCUT2D eigenvalue weighted by Gasteiger charge is -2.21. The van der Waals surface area contributed by atoms with Gasteiger partial charge in [-0.05, 0) is 24.6 Å². The molecule has 5 rings (SSSR count). The molecule has 0 atom stereocenters. The molecule has 28 heavy (non-hydrogen) atoms. The molecule has 0 radical (unpaired) electrons. The lowest BCUT2D eigenvalue weighted by molar-refractivity contribution is 0.598. The van der Waals surface area contributed by atoms with Gasteiger partial charge < -0.3 is 0 Å². The van der Waals surface area contributed by atoms with Crippen LogP contribution in [0.3, 0.4) is 0 Å². The Morgan fingerprint density at radius 1 is 1.29 bits per heavy atom. The van der Waals surface area contributed by atoms with E-state index in [9.17, 15) is 0 Å². The first-order valence-electron chi connectivity index (χ1n) is 9.42. The second-order valence-corrected chi connectivity index (χ2v) is 8.91. The average Bonchev–Trinajstić information content (AvgIpc) is 3.36. The Morgan fingerprint density at radius 3 is 2.79 bits per heavy atom. The van der Waals surface area contributed by atoms with Crippen LogP contribution in [0, 0.1) is 18.2 Å². The summed E-state index contributed by atoms with van der Waals surface area (Å²) in [6.07, 6.45) is 5.80. The molecule has 1 aromatic carbocycles. The molecule has 0 N–H and O–H groups in total. The summed E-state index contributed by atoms with van der Waals surface area (Å²) in [6, 6.07) is 4.23. The first kappa shape index (κ1) is 17.7. The topological polar surface area (TPSA) is 71.8 Å². The van der Waals surface area contributed by atoms with E-state index in [-0.39, 0.29) is 6.71 Å². The fourth-order valence-corrected chi connectivity index (χ4v) is 5.42. The third-order valence-corrected chi connectivity index (χ3v) is 6.94. The molecular formula is C19H18BClN6S. The van der Waals surface area contributed by atoms with Gasteiger partial charge in [0.15, 0.2) is 5.15 Å². The number of rotatable bonds is 2. The van der Waals surface area contributed by atoms with Crippen molar-refractivity contribution >= 4 is 45.5 Å². The highest BCUT2D eigenvalue weighted by molar-refractivity contribution is 7.19. The van der Waals surface area contributed by atoms with E-state index in [1.165, 1.54) is 0 Å². The van der Waals surface area contributed by atoms with Crippen molar-refractivity contribution in [1.82, 2.24) is 24.4 Å². The number of fused-ring (bicyclic) bond motifs is 2. The lowest BCUT2D eigenvalue weighted by Crippen LogP contribution is -2.19. The molecule has 1 fully saturated rings. The zero-order valence-corrected chi connectivity index (χ0v) is 17.3. The quantitative estimate of drug-likeness (QED) is 0.449. The lowest BCUT2D eigenvalue weighted by atomic mass is 9.41. The van der Waals surface area contributed by atoms with Gasteiger partial charge in [-0.3, -0.25) is 4.68 Å². The van der Waals surface area contributed by atoms with Crippen LogP contribution in [0.4, 0.5) is 0 Å². The van der Waals surface area contributed by atoms with Crippen molar-refractivity contribution in [2.45, 2.75) is 38.3 Å². The number of aromatic nitrogens is 5. The SMILES string of the molecule is Cc1cc(-c2nn3c(Cl)c(C4CCB(C#N)CC4)nc3s2)cc2cn(C)nc12. The molecule has 1 saturated heterocycles. The minimum absolute atomic E-state index is 0.175. The van der Waals surface area contributed by atoms with Crippen molar-refractivity contribution in [3.63, 3.8) is 0 Å². The number of aryl methyl sites for hydroxylation is 2. The third kappa shape index (κ3) is 2.81. The molecule has 1 aliphatic rings. The Balaban J connectivity index is 1.51. The maximum Gasteiger partial charge on any atom is 0.267 e. The summed E-state index contributed by atoms with van der Waals surface area (Å²) in [5.74, 6) is 2.70. The summed E-state index contributed by atoms with van der Waals surface area (Å²) >= 11 is 8.21. The molecule has 0 amide bonds. The largest absolute Gasteiger partial charge is 0.275 e. The van der Waals surface area contributed by atoms with Crippen LogP contribution in [0.5, 0.6) is 0 Å². The highest BCUT2D eigenvalue weighted by atomic mass is 35.5. The normalized spacial score (nSPS) is 15.6. The van der Waals surface area contributed by atoms with Crippen LogP contribution in [0.2, 0.25) is 17.8 Å². The van der Waals surface area contributed by atoms with Crippen LogP contribution >= 0.6 is 22.9 Å². The van der Waals surface area contributed by atoms with Crippen molar-refractivity contribution in [3.05, 3.63) is 34.7 Å². The molecule has 140 valence electrons. The minimum Gasteiger partial charge on any atom is -0.275 e. The molecule has 0 bridgehead atoms. The second-order valence-electron chi connectivity index (χ2n) is 7.60. The highest BCUT2D eigenvalue weighted by Gasteiger charge is 2.29. The van der Waals surface area contributed by atoms with E-state index in [0.717, 1.165) is 63.2 Å². The van der Waals surface area contributed by atoms with Gasteiger partial charge in [0.1, 0.15) is 5.01 Å². The molecule has 3 aromatic heterocycles. The van der Waals surface area contributed by atoms with Gasteiger partial charge in [0.2, 0.25) is 4.96 Å². The van der Waals surface area contributed by atoms with Crippen LogP contribution in [-0.4, -0.2) is 31.1 Å². The predicted octanol–water partition coefficient (Wildman–Crippen LogP) is 4.74. The summed E-state index contributed by atoms with van der Waals surface area (Å²) in [5.41, 5.74) is 4.13.